The van der Waals surface area contributed by atoms with Crippen LogP contribution < -0.4 is 18.9 Å². The van der Waals surface area contributed by atoms with E-state index < -0.39 is 0 Å². The van der Waals surface area contributed by atoms with Crippen molar-refractivity contribution in [2.75, 3.05) is 17.6 Å². The van der Waals surface area contributed by atoms with Gasteiger partial charge in [-0.25, -0.2) is 0 Å². The Hall–Kier alpha value is 2.00. The quantitative estimate of drug-likeness (QED) is 0.418. The third-order valence-electron chi connectivity index (χ3n) is 0. The van der Waals surface area contributed by atoms with E-state index in [9.17, 15) is 0 Å². The zero-order valence-electron chi connectivity index (χ0n) is 8.83. The van der Waals surface area contributed by atoms with Gasteiger partial charge in [0.1, 0.15) is 0 Å². The zero-order chi connectivity index (χ0) is 8.12. The number of hydrogen-bond donors (Lipinski definition) is 0. The molecule has 0 saturated heterocycles. The molecule has 0 aromatic heterocycles. The van der Waals surface area contributed by atoms with E-state index in [0.29, 0.717) is 0 Å². The zero-order valence-corrected chi connectivity index (χ0v) is 11.3. The van der Waals surface area contributed by atoms with E-state index in [4.69, 9.17) is 34.8 Å². The number of halogens is 3. The molecular formula is C6H16AlCl3Li. The van der Waals surface area contributed by atoms with Crippen molar-refractivity contribution in [2.24, 2.45) is 0 Å². The molecule has 0 atom stereocenters. The van der Waals surface area contributed by atoms with Crippen LogP contribution in [0.25, 0.3) is 0 Å². The van der Waals surface area contributed by atoms with Gasteiger partial charge in [0, 0.05) is 35.0 Å². The maximum atomic E-state index is 5.00. The minimum atomic E-state index is 0. The van der Waals surface area contributed by atoms with Gasteiger partial charge < -0.3 is 1.43 Å². The molecule has 0 saturated carbocycles. The fourth-order valence-electron chi connectivity index (χ4n) is 0. The fraction of sp³-hybridized carbons (Fsp3) is 1.00. The molecule has 5 heteroatoms. The summed E-state index contributed by atoms with van der Waals surface area (Å²) < 4.78 is 0. The molecular weight excluding hydrogens is 212 g/mol. The third kappa shape index (κ3) is 300. The van der Waals surface area contributed by atoms with Gasteiger partial charge >= 0.3 is 18.9 Å². The van der Waals surface area contributed by atoms with Gasteiger partial charge in [0.2, 0.25) is 0 Å². The standard InChI is InChI=1S/3C2H5Cl.Al.Li.H/c3*1-2-3;;;/h3*2H2,1H3;;;/q;;;;+1;-1. The summed E-state index contributed by atoms with van der Waals surface area (Å²) in [5, 5.41) is 0. The average Bonchev–Trinajstić information content (AvgIpc) is 1.70. The molecule has 0 rings (SSSR count). The maximum Gasteiger partial charge on any atom is 1.00 e. The van der Waals surface area contributed by atoms with Crippen LogP contribution in [0.5, 0.6) is 0 Å². The minimum absolute atomic E-state index is 0. The van der Waals surface area contributed by atoms with Gasteiger partial charge in [-0.15, -0.1) is 34.8 Å². The first-order chi connectivity index (χ1) is 4.24. The van der Waals surface area contributed by atoms with Gasteiger partial charge in [0.25, 0.3) is 0 Å². The Balaban J connectivity index is -0.00000001000. The largest absolute Gasteiger partial charge is 1.00 e. The molecule has 0 aliphatic heterocycles. The molecule has 11 heavy (non-hydrogen) atoms. The molecule has 0 bridgehead atoms. The van der Waals surface area contributed by atoms with E-state index in [1.807, 2.05) is 20.8 Å². The molecule has 0 nitrogen and oxygen atoms in total. The van der Waals surface area contributed by atoms with Crippen LogP contribution in [0.1, 0.15) is 22.2 Å². The molecule has 0 aliphatic rings. The van der Waals surface area contributed by atoms with Crippen LogP contribution in [0.3, 0.4) is 0 Å². The van der Waals surface area contributed by atoms with Crippen LogP contribution >= 0.6 is 34.8 Å². The topological polar surface area (TPSA) is 0 Å². The first kappa shape index (κ1) is 29.3. The molecule has 0 fully saturated rings. The van der Waals surface area contributed by atoms with Gasteiger partial charge in [-0.3, -0.25) is 0 Å². The summed E-state index contributed by atoms with van der Waals surface area (Å²) in [4.78, 5) is 0. The van der Waals surface area contributed by atoms with Gasteiger partial charge in [0.15, 0.2) is 0 Å². The molecule has 0 aliphatic carbocycles. The minimum Gasteiger partial charge on any atom is -1.00 e. The van der Waals surface area contributed by atoms with Crippen molar-refractivity contribution in [1.82, 2.24) is 0 Å². The van der Waals surface area contributed by atoms with E-state index in [1.165, 1.54) is 0 Å². The van der Waals surface area contributed by atoms with Crippen molar-refractivity contribution < 1.29 is 20.3 Å². The Morgan fingerprint density at radius 1 is 0.818 bits per heavy atom. The average molecular weight is 228 g/mol. The molecule has 3 radical (unpaired) electrons. The van der Waals surface area contributed by atoms with E-state index in [-0.39, 0.29) is 37.6 Å². The Kier molecular flexibility index (Phi) is 154. The first-order valence-corrected chi connectivity index (χ1v) is 4.53. The van der Waals surface area contributed by atoms with Crippen LogP contribution in [0.15, 0.2) is 0 Å². The van der Waals surface area contributed by atoms with Crippen molar-refractivity contribution in [2.45, 2.75) is 20.8 Å². The molecule has 0 N–H and O–H groups in total. The predicted octanol–water partition coefficient (Wildman–Crippen LogP) is 0.471. The molecule has 0 unspecified atom stereocenters. The van der Waals surface area contributed by atoms with Gasteiger partial charge in [-0.2, -0.15) is 0 Å². The van der Waals surface area contributed by atoms with Crippen LogP contribution in [-0.2, 0) is 0 Å². The van der Waals surface area contributed by atoms with Crippen LogP contribution in [0, 0.1) is 0 Å². The summed E-state index contributed by atoms with van der Waals surface area (Å²) in [5.74, 6) is 2.17. The molecule has 65 valence electrons. The predicted molar refractivity (Wildman–Crippen MR) is 56.0 cm³/mol. The molecule has 0 amide bonds. The van der Waals surface area contributed by atoms with Crippen LogP contribution in [0.2, 0.25) is 0 Å². The molecule has 0 heterocycles. The van der Waals surface area contributed by atoms with Crippen LogP contribution in [0.4, 0.5) is 0 Å². The van der Waals surface area contributed by atoms with Gasteiger partial charge in [-0.1, -0.05) is 20.8 Å². The van der Waals surface area contributed by atoms with Crippen molar-refractivity contribution in [3.63, 3.8) is 0 Å². The number of rotatable bonds is 0. The van der Waals surface area contributed by atoms with Gasteiger partial charge in [0.05, 0.1) is 0 Å². The Morgan fingerprint density at radius 2 is 0.818 bits per heavy atom. The van der Waals surface area contributed by atoms with E-state index >= 15 is 0 Å². The van der Waals surface area contributed by atoms with Gasteiger partial charge in [-0.05, 0) is 0 Å². The summed E-state index contributed by atoms with van der Waals surface area (Å²) in [6.45, 7) is 5.67. The molecule has 0 aromatic carbocycles. The third-order valence-corrected chi connectivity index (χ3v) is 0. The smallest absolute Gasteiger partial charge is 1.00 e. The molecule has 0 spiro atoms. The van der Waals surface area contributed by atoms with E-state index in [0.717, 1.165) is 17.6 Å². The van der Waals surface area contributed by atoms with E-state index in [2.05, 4.69) is 0 Å². The van der Waals surface area contributed by atoms with Crippen molar-refractivity contribution in [3.05, 3.63) is 0 Å². The van der Waals surface area contributed by atoms with Crippen molar-refractivity contribution in [1.29, 1.82) is 0 Å². The Morgan fingerprint density at radius 3 is 0.818 bits per heavy atom. The summed E-state index contributed by atoms with van der Waals surface area (Å²) in [5.41, 5.74) is 0. The normalized spacial score (nSPS) is 4.91. The SMILES string of the molecule is CCCl.CCCl.CCCl.[Al].[H-].[Li+]. The fourth-order valence-corrected chi connectivity index (χ4v) is 0. The Labute approximate surface area is 110 Å². The first-order valence-electron chi connectivity index (χ1n) is 2.92. The second-order valence-electron chi connectivity index (χ2n) is 0.802. The summed E-state index contributed by atoms with van der Waals surface area (Å²) >= 11 is 15.0. The second-order valence-corrected chi connectivity index (χ2v) is 2.41. The van der Waals surface area contributed by atoms with E-state index in [1.54, 1.807) is 0 Å². The summed E-state index contributed by atoms with van der Waals surface area (Å²) in [6.07, 6.45) is 0. The second kappa shape index (κ2) is 58.1. The maximum absolute atomic E-state index is 5.00. The number of alkyl halides is 3. The van der Waals surface area contributed by atoms with Crippen molar-refractivity contribution >= 4 is 52.2 Å². The Bertz CT molecular complexity index is 27.5. The summed E-state index contributed by atoms with van der Waals surface area (Å²) in [6, 6.07) is 0. The summed E-state index contributed by atoms with van der Waals surface area (Å²) in [7, 11) is 0. The monoisotopic (exact) mass is 227 g/mol. The van der Waals surface area contributed by atoms with Crippen molar-refractivity contribution in [3.8, 4) is 0 Å². The molecule has 0 aromatic rings. The van der Waals surface area contributed by atoms with Crippen LogP contribution in [-0.4, -0.2) is 35.0 Å². The number of hydrogen-bond acceptors (Lipinski definition) is 0.